The van der Waals surface area contributed by atoms with Crippen molar-refractivity contribution in [2.24, 2.45) is 11.8 Å². The SMILES string of the molecule is O=C(CN1C(=O)[C@H]2CC=CC[C@H]2C1=O)Nc1cc(C(F)(F)F)ccc1-n1cncn1. The van der Waals surface area contributed by atoms with Crippen molar-refractivity contribution in [1.82, 2.24) is 19.7 Å². The van der Waals surface area contributed by atoms with E-state index in [9.17, 15) is 27.6 Å². The molecule has 1 aliphatic heterocycles. The van der Waals surface area contributed by atoms with Gasteiger partial charge in [-0.1, -0.05) is 12.2 Å². The molecule has 2 heterocycles. The summed E-state index contributed by atoms with van der Waals surface area (Å²) < 4.78 is 40.6. The Balaban J connectivity index is 1.57. The van der Waals surface area contributed by atoms with Gasteiger partial charge in [0.25, 0.3) is 0 Å². The number of fused-ring (bicyclic) bond motifs is 1. The van der Waals surface area contributed by atoms with Crippen LogP contribution in [0.2, 0.25) is 0 Å². The van der Waals surface area contributed by atoms with Crippen molar-refractivity contribution in [1.29, 1.82) is 0 Å². The van der Waals surface area contributed by atoms with Crippen LogP contribution in [0.4, 0.5) is 18.9 Å². The lowest BCUT2D eigenvalue weighted by atomic mass is 9.85. The lowest BCUT2D eigenvalue weighted by Crippen LogP contribution is -2.38. The number of imide groups is 1. The van der Waals surface area contributed by atoms with Gasteiger partial charge in [-0.15, -0.1) is 0 Å². The number of halogens is 3. The number of hydrogen-bond donors (Lipinski definition) is 1. The topological polar surface area (TPSA) is 97.2 Å². The smallest absolute Gasteiger partial charge is 0.323 e. The fourth-order valence-corrected chi connectivity index (χ4v) is 3.70. The predicted octanol–water partition coefficient (Wildman–Crippen LogP) is 2.18. The second-order valence-electron chi connectivity index (χ2n) is 7.04. The number of allylic oxidation sites excluding steroid dienone is 2. The zero-order valence-electron chi connectivity index (χ0n) is 15.5. The molecule has 0 unspecified atom stereocenters. The molecule has 1 saturated heterocycles. The Hall–Kier alpha value is -3.50. The average molecular weight is 419 g/mol. The summed E-state index contributed by atoms with van der Waals surface area (Å²) in [5.74, 6) is -2.65. The number of carbonyl (C=O) groups is 3. The Morgan fingerprint density at radius 3 is 2.37 bits per heavy atom. The maximum Gasteiger partial charge on any atom is 0.416 e. The minimum Gasteiger partial charge on any atom is -0.323 e. The quantitative estimate of drug-likeness (QED) is 0.605. The number of rotatable bonds is 4. The molecule has 3 amide bonds. The lowest BCUT2D eigenvalue weighted by molar-refractivity contribution is -0.142. The number of hydrogen-bond acceptors (Lipinski definition) is 5. The van der Waals surface area contributed by atoms with Gasteiger partial charge in [-0.05, 0) is 31.0 Å². The molecule has 11 heteroatoms. The minimum absolute atomic E-state index is 0.158. The zero-order chi connectivity index (χ0) is 21.5. The largest absolute Gasteiger partial charge is 0.416 e. The van der Waals surface area contributed by atoms with E-state index in [-0.39, 0.29) is 11.4 Å². The van der Waals surface area contributed by atoms with Crippen LogP contribution in [-0.4, -0.2) is 43.9 Å². The summed E-state index contributed by atoms with van der Waals surface area (Å²) in [5, 5.41) is 6.24. The van der Waals surface area contributed by atoms with Crippen LogP contribution < -0.4 is 5.32 Å². The van der Waals surface area contributed by atoms with Crippen molar-refractivity contribution < 1.29 is 27.6 Å². The monoisotopic (exact) mass is 419 g/mol. The van der Waals surface area contributed by atoms with Crippen molar-refractivity contribution in [2.75, 3.05) is 11.9 Å². The second-order valence-corrected chi connectivity index (χ2v) is 7.04. The number of benzene rings is 1. The highest BCUT2D eigenvalue weighted by Crippen LogP contribution is 2.35. The maximum absolute atomic E-state index is 13.1. The van der Waals surface area contributed by atoms with E-state index in [0.29, 0.717) is 12.8 Å². The number of aromatic nitrogens is 3. The van der Waals surface area contributed by atoms with Crippen LogP contribution in [-0.2, 0) is 20.6 Å². The summed E-state index contributed by atoms with van der Waals surface area (Å²) >= 11 is 0. The molecule has 1 aromatic heterocycles. The summed E-state index contributed by atoms with van der Waals surface area (Å²) in [6.07, 6.45) is 2.34. The fraction of sp³-hybridized carbons (Fsp3) is 0.316. The van der Waals surface area contributed by atoms with E-state index in [4.69, 9.17) is 0 Å². The van der Waals surface area contributed by atoms with Crippen LogP contribution >= 0.6 is 0 Å². The predicted molar refractivity (Wildman–Crippen MR) is 97.1 cm³/mol. The molecular formula is C19H16F3N5O3. The minimum atomic E-state index is -4.62. The number of alkyl halides is 3. The first-order valence-corrected chi connectivity index (χ1v) is 9.12. The summed E-state index contributed by atoms with van der Waals surface area (Å²) in [6.45, 7) is -0.572. The van der Waals surface area contributed by atoms with Gasteiger partial charge in [0, 0.05) is 0 Å². The molecule has 1 aromatic carbocycles. The van der Waals surface area contributed by atoms with Gasteiger partial charge in [0.15, 0.2) is 0 Å². The summed E-state index contributed by atoms with van der Waals surface area (Å²) in [7, 11) is 0. The number of nitrogens with zero attached hydrogens (tertiary/aromatic N) is 4. The van der Waals surface area contributed by atoms with E-state index in [1.54, 1.807) is 0 Å². The van der Waals surface area contributed by atoms with Crippen LogP contribution in [0, 0.1) is 11.8 Å². The Labute approximate surface area is 168 Å². The molecule has 4 rings (SSSR count). The molecular weight excluding hydrogens is 403 g/mol. The van der Waals surface area contributed by atoms with Crippen LogP contribution in [0.1, 0.15) is 18.4 Å². The third kappa shape index (κ3) is 3.58. The molecule has 0 spiro atoms. The van der Waals surface area contributed by atoms with Crippen molar-refractivity contribution in [3.05, 3.63) is 48.6 Å². The van der Waals surface area contributed by atoms with E-state index in [1.807, 2.05) is 12.2 Å². The molecule has 8 nitrogen and oxygen atoms in total. The molecule has 2 aliphatic rings. The highest BCUT2D eigenvalue weighted by molar-refractivity contribution is 6.09. The Kier molecular flexibility index (Phi) is 4.88. The normalized spacial score (nSPS) is 21.1. The van der Waals surface area contributed by atoms with E-state index in [2.05, 4.69) is 15.4 Å². The molecule has 0 saturated carbocycles. The lowest BCUT2D eigenvalue weighted by Gasteiger charge is -2.17. The maximum atomic E-state index is 13.1. The van der Waals surface area contributed by atoms with Crippen LogP contribution in [0.25, 0.3) is 5.69 Å². The summed E-state index contributed by atoms with van der Waals surface area (Å²) in [4.78, 5) is 42.2. The third-order valence-corrected chi connectivity index (χ3v) is 5.16. The zero-order valence-corrected chi connectivity index (χ0v) is 15.5. The van der Waals surface area contributed by atoms with Crippen molar-refractivity contribution >= 4 is 23.4 Å². The van der Waals surface area contributed by atoms with E-state index in [0.717, 1.165) is 23.1 Å². The fourth-order valence-electron chi connectivity index (χ4n) is 3.70. The molecule has 1 aliphatic carbocycles. The van der Waals surface area contributed by atoms with E-state index >= 15 is 0 Å². The molecule has 1 N–H and O–H groups in total. The van der Waals surface area contributed by atoms with Gasteiger partial charge in [0.05, 0.1) is 28.8 Å². The number of carbonyl (C=O) groups excluding carboxylic acids is 3. The Morgan fingerprint density at radius 1 is 1.13 bits per heavy atom. The first-order valence-electron chi connectivity index (χ1n) is 9.12. The van der Waals surface area contributed by atoms with Crippen molar-refractivity contribution in [3.63, 3.8) is 0 Å². The number of nitrogens with one attached hydrogen (secondary N) is 1. The van der Waals surface area contributed by atoms with Crippen LogP contribution in [0.15, 0.2) is 43.0 Å². The molecule has 156 valence electrons. The van der Waals surface area contributed by atoms with Gasteiger partial charge in [-0.2, -0.15) is 18.3 Å². The van der Waals surface area contributed by atoms with E-state index < -0.39 is 47.8 Å². The summed E-state index contributed by atoms with van der Waals surface area (Å²) in [5.41, 5.74) is -0.976. The van der Waals surface area contributed by atoms with Gasteiger partial charge in [-0.3, -0.25) is 19.3 Å². The standard InChI is InChI=1S/C19H16F3N5O3/c20-19(21,22)11-5-6-15(27-10-23-9-24-27)14(7-11)25-16(28)8-26-17(29)12-3-1-2-4-13(12)18(26)30/h1-2,5-7,9-10,12-13H,3-4,8H2,(H,25,28)/t12-,13+. The molecule has 1 fully saturated rings. The van der Waals surface area contributed by atoms with E-state index in [1.165, 1.54) is 17.3 Å². The molecule has 2 aromatic rings. The highest BCUT2D eigenvalue weighted by Gasteiger charge is 2.47. The molecule has 0 radical (unpaired) electrons. The van der Waals surface area contributed by atoms with Crippen molar-refractivity contribution in [3.8, 4) is 5.69 Å². The first-order chi connectivity index (χ1) is 14.3. The molecule has 0 bridgehead atoms. The number of anilines is 1. The third-order valence-electron chi connectivity index (χ3n) is 5.16. The average Bonchev–Trinajstić information content (AvgIpc) is 3.31. The first kappa shape index (κ1) is 19.8. The summed E-state index contributed by atoms with van der Waals surface area (Å²) in [6, 6.07) is 2.78. The number of likely N-dealkylation sites (tertiary alicyclic amines) is 1. The van der Waals surface area contributed by atoms with Gasteiger partial charge in [-0.25, -0.2) is 9.67 Å². The van der Waals surface area contributed by atoms with Crippen LogP contribution in [0.5, 0.6) is 0 Å². The van der Waals surface area contributed by atoms with Gasteiger partial charge < -0.3 is 5.32 Å². The number of amides is 3. The molecule has 30 heavy (non-hydrogen) atoms. The van der Waals surface area contributed by atoms with Gasteiger partial charge in [0.2, 0.25) is 17.7 Å². The highest BCUT2D eigenvalue weighted by atomic mass is 19.4. The Morgan fingerprint density at radius 2 is 1.80 bits per heavy atom. The van der Waals surface area contributed by atoms with Crippen molar-refractivity contribution in [2.45, 2.75) is 19.0 Å². The van der Waals surface area contributed by atoms with Gasteiger partial charge >= 0.3 is 6.18 Å². The second kappa shape index (κ2) is 7.39. The molecule has 2 atom stereocenters. The Bertz CT molecular complexity index is 1010. The van der Waals surface area contributed by atoms with Gasteiger partial charge in [0.1, 0.15) is 19.2 Å². The van der Waals surface area contributed by atoms with Crippen LogP contribution in [0.3, 0.4) is 0 Å².